The summed E-state index contributed by atoms with van der Waals surface area (Å²) in [4.78, 5) is 6.74. The van der Waals surface area contributed by atoms with Gasteiger partial charge in [-0.2, -0.15) is 0 Å². The lowest BCUT2D eigenvalue weighted by Crippen LogP contribution is -2.21. The van der Waals surface area contributed by atoms with Crippen molar-refractivity contribution >= 4 is 22.9 Å². The number of anilines is 1. The van der Waals surface area contributed by atoms with Gasteiger partial charge in [-0.1, -0.05) is 36.0 Å². The first kappa shape index (κ1) is 13.5. The van der Waals surface area contributed by atoms with Crippen LogP contribution < -0.4 is 10.6 Å². The Kier molecular flexibility index (Phi) is 4.12. The van der Waals surface area contributed by atoms with Crippen molar-refractivity contribution in [3.05, 3.63) is 59.4 Å². The van der Waals surface area contributed by atoms with Crippen LogP contribution >= 0.6 is 12.2 Å². The first-order chi connectivity index (χ1) is 9.08. The second kappa shape index (κ2) is 5.80. The van der Waals surface area contributed by atoms with E-state index in [1.807, 2.05) is 19.2 Å². The fourth-order valence-electron chi connectivity index (χ4n) is 1.93. The molecule has 0 radical (unpaired) electrons. The molecular weight excluding hydrogens is 254 g/mol. The van der Waals surface area contributed by atoms with Crippen molar-refractivity contribution in [1.82, 2.24) is 4.98 Å². The summed E-state index contributed by atoms with van der Waals surface area (Å²) in [7, 11) is 2.04. The number of aryl methyl sites for hydroxylation is 1. The van der Waals surface area contributed by atoms with E-state index >= 15 is 0 Å². The van der Waals surface area contributed by atoms with Crippen LogP contribution in [0.3, 0.4) is 0 Å². The Morgan fingerprint density at radius 3 is 2.58 bits per heavy atom. The molecule has 2 N–H and O–H groups in total. The number of aromatic nitrogens is 1. The van der Waals surface area contributed by atoms with Gasteiger partial charge in [-0.25, -0.2) is 0 Å². The fraction of sp³-hybridized carbons (Fsp3) is 0.200. The number of hydrogen-bond acceptors (Lipinski definition) is 3. The first-order valence-electron chi connectivity index (χ1n) is 6.09. The maximum Gasteiger partial charge on any atom is 0.123 e. The van der Waals surface area contributed by atoms with Crippen LogP contribution in [-0.4, -0.2) is 17.0 Å². The molecule has 0 saturated carbocycles. The average molecular weight is 271 g/mol. The SMILES string of the molecule is Cc1ccc(N(C)Cc2cccnc2C(N)=S)cc1. The second-order valence-electron chi connectivity index (χ2n) is 4.57. The van der Waals surface area contributed by atoms with E-state index in [2.05, 4.69) is 41.1 Å². The number of nitrogens with zero attached hydrogens (tertiary/aromatic N) is 2. The highest BCUT2D eigenvalue weighted by atomic mass is 32.1. The molecule has 98 valence electrons. The van der Waals surface area contributed by atoms with E-state index in [-0.39, 0.29) is 0 Å². The molecule has 1 aromatic heterocycles. The number of thiocarbonyl (C=S) groups is 1. The molecule has 2 aromatic rings. The van der Waals surface area contributed by atoms with E-state index in [1.54, 1.807) is 6.20 Å². The van der Waals surface area contributed by atoms with Crippen LogP contribution in [0.4, 0.5) is 5.69 Å². The van der Waals surface area contributed by atoms with E-state index in [1.165, 1.54) is 5.56 Å². The zero-order valence-corrected chi connectivity index (χ0v) is 11.9. The molecule has 0 aliphatic carbocycles. The molecule has 1 heterocycles. The summed E-state index contributed by atoms with van der Waals surface area (Å²) in [5, 5.41) is 0. The predicted octanol–water partition coefficient (Wildman–Crippen LogP) is 2.66. The van der Waals surface area contributed by atoms with Crippen LogP contribution in [0.5, 0.6) is 0 Å². The van der Waals surface area contributed by atoms with Crippen LogP contribution in [0.2, 0.25) is 0 Å². The molecule has 2 rings (SSSR count). The van der Waals surface area contributed by atoms with Crippen LogP contribution in [0, 0.1) is 6.92 Å². The molecule has 0 bridgehead atoms. The second-order valence-corrected chi connectivity index (χ2v) is 5.01. The number of hydrogen-bond donors (Lipinski definition) is 1. The van der Waals surface area contributed by atoms with Gasteiger partial charge >= 0.3 is 0 Å². The topological polar surface area (TPSA) is 42.2 Å². The number of rotatable bonds is 4. The third-order valence-corrected chi connectivity index (χ3v) is 3.20. The minimum atomic E-state index is 0.341. The van der Waals surface area contributed by atoms with Gasteiger partial charge in [0.25, 0.3) is 0 Å². The highest BCUT2D eigenvalue weighted by Crippen LogP contribution is 2.17. The van der Waals surface area contributed by atoms with Gasteiger partial charge in [0.2, 0.25) is 0 Å². The van der Waals surface area contributed by atoms with Crippen molar-refractivity contribution in [2.45, 2.75) is 13.5 Å². The molecule has 0 aliphatic rings. The highest BCUT2D eigenvalue weighted by molar-refractivity contribution is 7.80. The van der Waals surface area contributed by atoms with Gasteiger partial charge in [0.1, 0.15) is 10.7 Å². The van der Waals surface area contributed by atoms with E-state index < -0.39 is 0 Å². The van der Waals surface area contributed by atoms with Crippen molar-refractivity contribution < 1.29 is 0 Å². The predicted molar refractivity (Wildman–Crippen MR) is 83.4 cm³/mol. The Balaban J connectivity index is 2.21. The summed E-state index contributed by atoms with van der Waals surface area (Å²) >= 11 is 5.03. The van der Waals surface area contributed by atoms with Crippen molar-refractivity contribution in [2.75, 3.05) is 11.9 Å². The van der Waals surface area contributed by atoms with Crippen LogP contribution in [0.1, 0.15) is 16.8 Å². The van der Waals surface area contributed by atoms with E-state index in [0.29, 0.717) is 10.7 Å². The number of nitrogens with two attached hydrogens (primary N) is 1. The van der Waals surface area contributed by atoms with Gasteiger partial charge < -0.3 is 10.6 Å². The molecule has 0 atom stereocenters. The lowest BCUT2D eigenvalue weighted by Gasteiger charge is -2.20. The van der Waals surface area contributed by atoms with E-state index in [0.717, 1.165) is 17.8 Å². The summed E-state index contributed by atoms with van der Waals surface area (Å²) in [6.45, 7) is 2.80. The minimum Gasteiger partial charge on any atom is -0.388 e. The maximum absolute atomic E-state index is 5.70. The average Bonchev–Trinajstić information content (AvgIpc) is 2.39. The molecule has 0 saturated heterocycles. The summed E-state index contributed by atoms with van der Waals surface area (Å²) in [5.74, 6) is 0. The molecule has 1 aromatic carbocycles. The van der Waals surface area contributed by atoms with Gasteiger partial charge in [0, 0.05) is 31.0 Å². The lowest BCUT2D eigenvalue weighted by molar-refractivity contribution is 0.911. The third-order valence-electron chi connectivity index (χ3n) is 3.01. The largest absolute Gasteiger partial charge is 0.388 e. The van der Waals surface area contributed by atoms with E-state index in [4.69, 9.17) is 18.0 Å². The molecular formula is C15H17N3S. The molecule has 0 aliphatic heterocycles. The van der Waals surface area contributed by atoms with Gasteiger partial charge in [0.15, 0.2) is 0 Å². The Bertz CT molecular complexity index is 578. The Morgan fingerprint density at radius 2 is 1.95 bits per heavy atom. The Morgan fingerprint density at radius 1 is 1.26 bits per heavy atom. The van der Waals surface area contributed by atoms with Gasteiger partial charge in [-0.15, -0.1) is 0 Å². The monoisotopic (exact) mass is 271 g/mol. The van der Waals surface area contributed by atoms with Crippen molar-refractivity contribution in [2.24, 2.45) is 5.73 Å². The number of pyridine rings is 1. The van der Waals surface area contributed by atoms with Crippen LogP contribution in [-0.2, 0) is 6.54 Å². The normalized spacial score (nSPS) is 10.2. The molecule has 3 nitrogen and oxygen atoms in total. The quantitative estimate of drug-likeness (QED) is 0.868. The highest BCUT2D eigenvalue weighted by Gasteiger charge is 2.09. The molecule has 4 heteroatoms. The number of benzene rings is 1. The zero-order valence-electron chi connectivity index (χ0n) is 11.1. The first-order valence-corrected chi connectivity index (χ1v) is 6.50. The molecule has 0 fully saturated rings. The smallest absolute Gasteiger partial charge is 0.123 e. The van der Waals surface area contributed by atoms with Crippen molar-refractivity contribution in [3.8, 4) is 0 Å². The van der Waals surface area contributed by atoms with Crippen molar-refractivity contribution in [1.29, 1.82) is 0 Å². The van der Waals surface area contributed by atoms with Crippen LogP contribution in [0.25, 0.3) is 0 Å². The molecule has 0 spiro atoms. The summed E-state index contributed by atoms with van der Waals surface area (Å²) < 4.78 is 0. The van der Waals surface area contributed by atoms with E-state index in [9.17, 15) is 0 Å². The van der Waals surface area contributed by atoms with Crippen molar-refractivity contribution in [3.63, 3.8) is 0 Å². The standard InChI is InChI=1S/C15H17N3S/c1-11-5-7-13(8-6-11)18(2)10-12-4-3-9-17-14(12)15(16)19/h3-9H,10H2,1-2H3,(H2,16,19). The molecule has 0 amide bonds. The molecule has 0 unspecified atom stereocenters. The van der Waals surface area contributed by atoms with Gasteiger partial charge in [-0.3, -0.25) is 4.98 Å². The Hall–Kier alpha value is -1.94. The summed E-state index contributed by atoms with van der Waals surface area (Å²) in [5.41, 5.74) is 9.85. The fourth-order valence-corrected chi connectivity index (χ4v) is 2.12. The van der Waals surface area contributed by atoms with Gasteiger partial charge in [0.05, 0.1) is 0 Å². The summed E-state index contributed by atoms with van der Waals surface area (Å²) in [6.07, 6.45) is 1.71. The Labute approximate surface area is 119 Å². The third kappa shape index (κ3) is 3.29. The summed E-state index contributed by atoms with van der Waals surface area (Å²) in [6, 6.07) is 12.3. The molecule has 19 heavy (non-hydrogen) atoms. The zero-order chi connectivity index (χ0) is 13.8. The van der Waals surface area contributed by atoms with Crippen LogP contribution in [0.15, 0.2) is 42.6 Å². The maximum atomic E-state index is 5.70. The minimum absolute atomic E-state index is 0.341. The van der Waals surface area contributed by atoms with Gasteiger partial charge in [-0.05, 0) is 25.1 Å². The lowest BCUT2D eigenvalue weighted by atomic mass is 10.1.